The van der Waals surface area contributed by atoms with E-state index in [9.17, 15) is 4.79 Å². The van der Waals surface area contributed by atoms with Crippen molar-refractivity contribution >= 4 is 5.91 Å². The van der Waals surface area contributed by atoms with E-state index in [-0.39, 0.29) is 5.91 Å². The number of carbonyl (C=O) groups is 1. The van der Waals surface area contributed by atoms with Crippen LogP contribution in [0.15, 0.2) is 0 Å². The third-order valence-electron chi connectivity index (χ3n) is 4.55. The van der Waals surface area contributed by atoms with Crippen LogP contribution in [0.3, 0.4) is 0 Å². The largest absolute Gasteiger partial charge is 0.370 e. The lowest BCUT2D eigenvalue weighted by atomic mass is 9.73. The SMILES string of the molecule is NC(=O)CCCCC1CC2CCCCC2CN1. The fourth-order valence-electron chi connectivity index (χ4n) is 3.54. The van der Waals surface area contributed by atoms with Crippen molar-refractivity contribution in [1.82, 2.24) is 5.32 Å². The lowest BCUT2D eigenvalue weighted by Crippen LogP contribution is -2.44. The van der Waals surface area contributed by atoms with Crippen molar-refractivity contribution in [2.24, 2.45) is 17.6 Å². The first-order valence-corrected chi connectivity index (χ1v) is 7.27. The zero-order chi connectivity index (χ0) is 12.1. The molecule has 1 saturated heterocycles. The van der Waals surface area contributed by atoms with Crippen LogP contribution in [0, 0.1) is 11.8 Å². The quantitative estimate of drug-likeness (QED) is 0.721. The predicted octanol–water partition coefficient (Wildman–Crippen LogP) is 2.20. The Morgan fingerprint density at radius 3 is 2.71 bits per heavy atom. The fourth-order valence-corrected chi connectivity index (χ4v) is 3.54. The molecule has 0 aromatic carbocycles. The van der Waals surface area contributed by atoms with Gasteiger partial charge in [0.05, 0.1) is 0 Å². The van der Waals surface area contributed by atoms with Crippen molar-refractivity contribution in [1.29, 1.82) is 0 Å². The number of primary amides is 1. The molecule has 1 amide bonds. The average molecular weight is 238 g/mol. The Morgan fingerprint density at radius 1 is 1.18 bits per heavy atom. The third kappa shape index (κ3) is 3.98. The summed E-state index contributed by atoms with van der Waals surface area (Å²) < 4.78 is 0. The number of rotatable bonds is 5. The highest BCUT2D eigenvalue weighted by molar-refractivity contribution is 5.73. The lowest BCUT2D eigenvalue weighted by molar-refractivity contribution is -0.118. The standard InChI is InChI=1S/C14H26N2O/c15-14(17)8-4-3-7-13-9-11-5-1-2-6-12(11)10-16-13/h11-13,16H,1-10H2,(H2,15,17). The molecule has 3 N–H and O–H groups in total. The minimum Gasteiger partial charge on any atom is -0.370 e. The number of nitrogens with one attached hydrogen (secondary N) is 1. The number of piperidine rings is 1. The van der Waals surface area contributed by atoms with Crippen LogP contribution in [-0.4, -0.2) is 18.5 Å². The molecule has 1 aliphatic carbocycles. The first-order chi connectivity index (χ1) is 8.25. The van der Waals surface area contributed by atoms with E-state index in [0.717, 1.165) is 24.7 Å². The van der Waals surface area contributed by atoms with Crippen molar-refractivity contribution in [3.63, 3.8) is 0 Å². The van der Waals surface area contributed by atoms with Gasteiger partial charge in [0.2, 0.25) is 5.91 Å². The van der Waals surface area contributed by atoms with Crippen LogP contribution in [0.2, 0.25) is 0 Å². The smallest absolute Gasteiger partial charge is 0.217 e. The molecule has 3 atom stereocenters. The van der Waals surface area contributed by atoms with Crippen LogP contribution in [0.1, 0.15) is 57.8 Å². The van der Waals surface area contributed by atoms with E-state index in [1.807, 2.05) is 0 Å². The normalized spacial score (nSPS) is 33.1. The number of hydrogen-bond acceptors (Lipinski definition) is 2. The summed E-state index contributed by atoms with van der Waals surface area (Å²) in [6, 6.07) is 0.697. The van der Waals surface area contributed by atoms with E-state index in [1.165, 1.54) is 45.1 Å². The molecule has 0 bridgehead atoms. The van der Waals surface area contributed by atoms with Crippen molar-refractivity contribution in [2.75, 3.05) is 6.54 Å². The van der Waals surface area contributed by atoms with Gasteiger partial charge >= 0.3 is 0 Å². The Kier molecular flexibility index (Phi) is 4.84. The zero-order valence-corrected chi connectivity index (χ0v) is 10.8. The van der Waals surface area contributed by atoms with E-state index in [4.69, 9.17) is 5.73 Å². The predicted molar refractivity (Wildman–Crippen MR) is 69.5 cm³/mol. The topological polar surface area (TPSA) is 55.1 Å². The summed E-state index contributed by atoms with van der Waals surface area (Å²) in [5.41, 5.74) is 5.14. The van der Waals surface area contributed by atoms with Crippen molar-refractivity contribution in [3.8, 4) is 0 Å². The molecule has 1 aliphatic heterocycles. The maximum atomic E-state index is 10.6. The summed E-state index contributed by atoms with van der Waals surface area (Å²) >= 11 is 0. The maximum Gasteiger partial charge on any atom is 0.217 e. The molecule has 2 fully saturated rings. The van der Waals surface area contributed by atoms with Crippen molar-refractivity contribution in [2.45, 2.75) is 63.8 Å². The van der Waals surface area contributed by atoms with Gasteiger partial charge in [0.1, 0.15) is 0 Å². The molecular formula is C14H26N2O. The first-order valence-electron chi connectivity index (χ1n) is 7.27. The van der Waals surface area contributed by atoms with Crippen LogP contribution in [0.25, 0.3) is 0 Å². The van der Waals surface area contributed by atoms with E-state index >= 15 is 0 Å². The highest BCUT2D eigenvalue weighted by Crippen LogP contribution is 2.36. The summed E-state index contributed by atoms with van der Waals surface area (Å²) in [4.78, 5) is 10.6. The molecule has 1 saturated carbocycles. The van der Waals surface area contributed by atoms with Gasteiger partial charge in [-0.25, -0.2) is 0 Å². The number of unbranched alkanes of at least 4 members (excludes halogenated alkanes) is 1. The summed E-state index contributed by atoms with van der Waals surface area (Å²) in [6.07, 6.45) is 11.0. The number of fused-ring (bicyclic) bond motifs is 1. The van der Waals surface area contributed by atoms with E-state index < -0.39 is 0 Å². The zero-order valence-electron chi connectivity index (χ0n) is 10.8. The first kappa shape index (κ1) is 12.9. The summed E-state index contributed by atoms with van der Waals surface area (Å²) in [5, 5.41) is 3.69. The van der Waals surface area contributed by atoms with Gasteiger partial charge in [-0.15, -0.1) is 0 Å². The molecule has 3 nitrogen and oxygen atoms in total. The molecule has 3 heteroatoms. The van der Waals surface area contributed by atoms with Crippen LogP contribution >= 0.6 is 0 Å². The van der Waals surface area contributed by atoms with Gasteiger partial charge in [-0.2, -0.15) is 0 Å². The number of carbonyl (C=O) groups excluding carboxylic acids is 1. The molecule has 0 aromatic heterocycles. The lowest BCUT2D eigenvalue weighted by Gasteiger charge is -2.40. The fraction of sp³-hybridized carbons (Fsp3) is 0.929. The Bertz CT molecular complexity index is 255. The maximum absolute atomic E-state index is 10.6. The molecule has 0 spiro atoms. The van der Waals surface area contributed by atoms with Gasteiger partial charge in [-0.3, -0.25) is 4.79 Å². The minimum atomic E-state index is -0.158. The van der Waals surface area contributed by atoms with Crippen molar-refractivity contribution < 1.29 is 4.79 Å². The molecule has 3 unspecified atom stereocenters. The molecule has 1 heterocycles. The van der Waals surface area contributed by atoms with E-state index in [1.54, 1.807) is 0 Å². The highest BCUT2D eigenvalue weighted by atomic mass is 16.1. The molecule has 98 valence electrons. The molecule has 2 rings (SSSR count). The molecule has 2 aliphatic rings. The number of hydrogen-bond donors (Lipinski definition) is 2. The molecule has 0 aromatic rings. The van der Waals surface area contributed by atoms with Crippen LogP contribution < -0.4 is 11.1 Å². The Morgan fingerprint density at radius 2 is 1.94 bits per heavy atom. The van der Waals surface area contributed by atoms with Gasteiger partial charge in [-0.1, -0.05) is 25.7 Å². The highest BCUT2D eigenvalue weighted by Gasteiger charge is 2.31. The molecular weight excluding hydrogens is 212 g/mol. The monoisotopic (exact) mass is 238 g/mol. The van der Waals surface area contributed by atoms with E-state index in [0.29, 0.717) is 12.5 Å². The molecule has 17 heavy (non-hydrogen) atoms. The number of amides is 1. The summed E-state index contributed by atoms with van der Waals surface area (Å²) in [7, 11) is 0. The van der Waals surface area contributed by atoms with Gasteiger partial charge in [0.25, 0.3) is 0 Å². The van der Waals surface area contributed by atoms with Gasteiger partial charge in [0, 0.05) is 12.5 Å². The van der Waals surface area contributed by atoms with Crippen molar-refractivity contribution in [3.05, 3.63) is 0 Å². The second-order valence-electron chi connectivity index (χ2n) is 5.86. The van der Waals surface area contributed by atoms with E-state index in [2.05, 4.69) is 5.32 Å². The van der Waals surface area contributed by atoms with Gasteiger partial charge < -0.3 is 11.1 Å². The Hall–Kier alpha value is -0.570. The van der Waals surface area contributed by atoms with Crippen LogP contribution in [0.4, 0.5) is 0 Å². The molecule has 0 radical (unpaired) electrons. The average Bonchev–Trinajstić information content (AvgIpc) is 2.34. The van der Waals surface area contributed by atoms with Gasteiger partial charge in [0.15, 0.2) is 0 Å². The number of nitrogens with two attached hydrogens (primary N) is 1. The summed E-state index contributed by atoms with van der Waals surface area (Å²) in [6.45, 7) is 1.23. The van der Waals surface area contributed by atoms with Crippen LogP contribution in [0.5, 0.6) is 0 Å². The van der Waals surface area contributed by atoms with Gasteiger partial charge in [-0.05, 0) is 44.1 Å². The second-order valence-corrected chi connectivity index (χ2v) is 5.86. The second kappa shape index (κ2) is 6.39. The van der Waals surface area contributed by atoms with Crippen LogP contribution in [-0.2, 0) is 4.79 Å². The minimum absolute atomic E-state index is 0.158. The Labute approximate surface area is 105 Å². The summed E-state index contributed by atoms with van der Waals surface area (Å²) in [5.74, 6) is 1.77. The Balaban J connectivity index is 1.64. The third-order valence-corrected chi connectivity index (χ3v) is 4.55.